The molecule has 0 aliphatic carbocycles. The smallest absolute Gasteiger partial charge is 0.419 e. The molecule has 118 valence electrons. The lowest BCUT2D eigenvalue weighted by atomic mass is 10.00. The van der Waals surface area contributed by atoms with Crippen LogP contribution in [0.5, 0.6) is 0 Å². The van der Waals surface area contributed by atoms with Crippen LogP contribution in [0.2, 0.25) is 0 Å². The van der Waals surface area contributed by atoms with Gasteiger partial charge >= 0.3 is 12.3 Å². The number of amides is 1. The predicted octanol–water partition coefficient (Wildman–Crippen LogP) is 3.34. The number of halogens is 4. The standard InChI is InChI=1S/C12H19BrF3NO3/c1-10(2,3)20-9(18)17-7-11(19-4,12(14,15)16)5-8(17)6-13/h8H,5-7H2,1-4H3/t8-,11-/m0/s1. The molecule has 0 N–H and O–H groups in total. The lowest BCUT2D eigenvalue weighted by molar-refractivity contribution is -0.263. The van der Waals surface area contributed by atoms with Crippen LogP contribution in [0.1, 0.15) is 27.2 Å². The molecular weight excluding hydrogens is 343 g/mol. The molecule has 1 amide bonds. The normalized spacial score (nSPS) is 27.8. The number of methoxy groups -OCH3 is 1. The zero-order valence-corrected chi connectivity index (χ0v) is 13.5. The Kier molecular flexibility index (Phi) is 5.01. The van der Waals surface area contributed by atoms with Gasteiger partial charge < -0.3 is 14.4 Å². The summed E-state index contributed by atoms with van der Waals surface area (Å²) in [5.74, 6) is 0. The largest absolute Gasteiger partial charge is 0.444 e. The highest BCUT2D eigenvalue weighted by Gasteiger charge is 2.62. The molecule has 1 aliphatic heterocycles. The van der Waals surface area contributed by atoms with E-state index in [9.17, 15) is 18.0 Å². The highest BCUT2D eigenvalue weighted by Crippen LogP contribution is 2.43. The van der Waals surface area contributed by atoms with Crippen LogP contribution >= 0.6 is 15.9 Å². The first-order chi connectivity index (χ1) is 8.96. The van der Waals surface area contributed by atoms with Crippen molar-refractivity contribution in [2.24, 2.45) is 0 Å². The van der Waals surface area contributed by atoms with Gasteiger partial charge in [0.2, 0.25) is 0 Å². The molecule has 1 heterocycles. The maximum Gasteiger partial charge on any atom is 0.419 e. The fourth-order valence-electron chi connectivity index (χ4n) is 2.10. The number of carbonyl (C=O) groups is 1. The highest BCUT2D eigenvalue weighted by atomic mass is 79.9. The Morgan fingerprint density at radius 3 is 2.30 bits per heavy atom. The van der Waals surface area contributed by atoms with Crippen molar-refractivity contribution in [2.75, 3.05) is 19.0 Å². The Labute approximate surface area is 124 Å². The number of likely N-dealkylation sites (tertiary alicyclic amines) is 1. The summed E-state index contributed by atoms with van der Waals surface area (Å²) in [4.78, 5) is 13.1. The molecule has 0 bridgehead atoms. The van der Waals surface area contributed by atoms with Crippen molar-refractivity contribution in [3.05, 3.63) is 0 Å². The quantitative estimate of drug-likeness (QED) is 0.708. The predicted molar refractivity (Wildman–Crippen MR) is 70.9 cm³/mol. The SMILES string of the molecule is CO[C@@]1(C(F)(F)F)C[C@@H](CBr)N(C(=O)OC(C)(C)C)C1. The van der Waals surface area contributed by atoms with Gasteiger partial charge in [-0.15, -0.1) is 0 Å². The van der Waals surface area contributed by atoms with E-state index in [0.717, 1.165) is 12.0 Å². The fraction of sp³-hybridized carbons (Fsp3) is 0.917. The first kappa shape index (κ1) is 17.6. The summed E-state index contributed by atoms with van der Waals surface area (Å²) in [5, 5.41) is 0.230. The zero-order valence-electron chi connectivity index (χ0n) is 11.9. The molecule has 0 radical (unpaired) electrons. The molecular formula is C12H19BrF3NO3. The van der Waals surface area contributed by atoms with Crippen LogP contribution < -0.4 is 0 Å². The van der Waals surface area contributed by atoms with Gasteiger partial charge in [-0.3, -0.25) is 0 Å². The average Bonchev–Trinajstić information content (AvgIpc) is 2.66. The van der Waals surface area contributed by atoms with Crippen molar-refractivity contribution < 1.29 is 27.4 Å². The molecule has 1 rings (SSSR count). The molecule has 0 unspecified atom stereocenters. The maximum atomic E-state index is 13.2. The van der Waals surface area contributed by atoms with Gasteiger partial charge in [-0.05, 0) is 20.8 Å². The van der Waals surface area contributed by atoms with E-state index in [2.05, 4.69) is 15.9 Å². The summed E-state index contributed by atoms with van der Waals surface area (Å²) in [7, 11) is 1.01. The number of carbonyl (C=O) groups excluding carboxylic acids is 1. The van der Waals surface area contributed by atoms with Crippen LogP contribution in [0.4, 0.5) is 18.0 Å². The average molecular weight is 362 g/mol. The van der Waals surface area contributed by atoms with Gasteiger partial charge in [0.1, 0.15) is 5.60 Å². The lowest BCUT2D eigenvalue weighted by Crippen LogP contribution is -2.50. The van der Waals surface area contributed by atoms with Crippen molar-refractivity contribution in [2.45, 2.75) is 50.6 Å². The topological polar surface area (TPSA) is 38.8 Å². The van der Waals surface area contributed by atoms with Gasteiger partial charge in [0.15, 0.2) is 5.60 Å². The third-order valence-electron chi connectivity index (χ3n) is 3.15. The molecule has 0 aromatic rings. The van der Waals surface area contributed by atoms with Crippen LogP contribution in [0.15, 0.2) is 0 Å². The van der Waals surface area contributed by atoms with Crippen molar-refractivity contribution in [1.29, 1.82) is 0 Å². The minimum atomic E-state index is -4.54. The second-order valence-electron chi connectivity index (χ2n) is 5.82. The molecule has 0 saturated carbocycles. The molecule has 20 heavy (non-hydrogen) atoms. The summed E-state index contributed by atoms with van der Waals surface area (Å²) in [5.41, 5.74) is -3.09. The van der Waals surface area contributed by atoms with Crippen LogP contribution in [0.25, 0.3) is 0 Å². The van der Waals surface area contributed by atoms with E-state index < -0.39 is 36.1 Å². The number of rotatable bonds is 2. The van der Waals surface area contributed by atoms with E-state index in [1.807, 2.05) is 0 Å². The first-order valence-corrected chi connectivity index (χ1v) is 7.25. The molecule has 2 atom stereocenters. The fourth-order valence-corrected chi connectivity index (χ4v) is 2.68. The number of hydrogen-bond acceptors (Lipinski definition) is 3. The number of alkyl halides is 4. The van der Waals surface area contributed by atoms with Crippen LogP contribution in [-0.4, -0.2) is 53.4 Å². The molecule has 0 aromatic heterocycles. The molecule has 4 nitrogen and oxygen atoms in total. The Morgan fingerprint density at radius 1 is 1.40 bits per heavy atom. The minimum Gasteiger partial charge on any atom is -0.444 e. The molecule has 0 aromatic carbocycles. The second kappa shape index (κ2) is 5.71. The summed E-state index contributed by atoms with van der Waals surface area (Å²) >= 11 is 3.14. The monoisotopic (exact) mass is 361 g/mol. The van der Waals surface area contributed by atoms with Crippen LogP contribution in [-0.2, 0) is 9.47 Å². The van der Waals surface area contributed by atoms with Crippen molar-refractivity contribution in [1.82, 2.24) is 4.90 Å². The second-order valence-corrected chi connectivity index (χ2v) is 6.46. The Hall–Kier alpha value is -0.500. The van der Waals surface area contributed by atoms with Gasteiger partial charge in [-0.2, -0.15) is 13.2 Å². The molecule has 0 spiro atoms. The minimum absolute atomic E-state index is 0.230. The van der Waals surface area contributed by atoms with E-state index in [1.54, 1.807) is 20.8 Å². The summed E-state index contributed by atoms with van der Waals surface area (Å²) < 4.78 is 49.4. The number of nitrogens with zero attached hydrogens (tertiary/aromatic N) is 1. The Balaban J connectivity index is 2.96. The van der Waals surface area contributed by atoms with E-state index in [-0.39, 0.29) is 11.8 Å². The molecule has 1 fully saturated rings. The van der Waals surface area contributed by atoms with E-state index in [1.165, 1.54) is 0 Å². The molecule has 1 saturated heterocycles. The molecule has 1 aliphatic rings. The van der Waals surface area contributed by atoms with E-state index in [0.29, 0.717) is 0 Å². The van der Waals surface area contributed by atoms with E-state index >= 15 is 0 Å². The van der Waals surface area contributed by atoms with E-state index in [4.69, 9.17) is 9.47 Å². The van der Waals surface area contributed by atoms with Gasteiger partial charge in [0.05, 0.1) is 6.54 Å². The third kappa shape index (κ3) is 3.58. The summed E-state index contributed by atoms with van der Waals surface area (Å²) in [6, 6.07) is -0.619. The summed E-state index contributed by atoms with van der Waals surface area (Å²) in [6.45, 7) is 4.44. The lowest BCUT2D eigenvalue weighted by Gasteiger charge is -2.30. The zero-order chi connectivity index (χ0) is 15.8. The molecule has 8 heteroatoms. The van der Waals surface area contributed by atoms with Crippen LogP contribution in [0.3, 0.4) is 0 Å². The van der Waals surface area contributed by atoms with Gasteiger partial charge in [-0.1, -0.05) is 15.9 Å². The van der Waals surface area contributed by atoms with Gasteiger partial charge in [0.25, 0.3) is 0 Å². The third-order valence-corrected chi connectivity index (χ3v) is 3.89. The van der Waals surface area contributed by atoms with Gasteiger partial charge in [-0.25, -0.2) is 4.79 Å². The number of hydrogen-bond donors (Lipinski definition) is 0. The maximum absolute atomic E-state index is 13.2. The van der Waals surface area contributed by atoms with Crippen molar-refractivity contribution >= 4 is 22.0 Å². The van der Waals surface area contributed by atoms with Crippen molar-refractivity contribution in [3.63, 3.8) is 0 Å². The number of ether oxygens (including phenoxy) is 2. The summed E-state index contributed by atoms with van der Waals surface area (Å²) in [6.07, 6.45) is -5.61. The van der Waals surface area contributed by atoms with Crippen molar-refractivity contribution in [3.8, 4) is 0 Å². The van der Waals surface area contributed by atoms with Crippen LogP contribution in [0, 0.1) is 0 Å². The van der Waals surface area contributed by atoms with Gasteiger partial charge in [0, 0.05) is 24.9 Å². The Bertz CT molecular complexity index is 370. The highest BCUT2D eigenvalue weighted by molar-refractivity contribution is 9.09. The Morgan fingerprint density at radius 2 is 1.95 bits per heavy atom. The first-order valence-electron chi connectivity index (χ1n) is 6.13.